The number of aliphatic imine (C=N–C) groups is 1. The lowest BCUT2D eigenvalue weighted by Crippen LogP contribution is -2.36. The summed E-state index contributed by atoms with van der Waals surface area (Å²) in [7, 11) is 1.64. The molecule has 0 saturated heterocycles. The van der Waals surface area contributed by atoms with Gasteiger partial charge in [-0.2, -0.15) is 0 Å². The molecule has 1 heterocycles. The zero-order valence-corrected chi connectivity index (χ0v) is 11.7. The molecule has 21 heavy (non-hydrogen) atoms. The standard InChI is InChI=1S/C16H17N3O2/c1-21-14-8-4-12(5-9-14)19-15(10-18-16(19)17)11-2-6-13(20)7-3-11/h2-9,15,20H,10H2,1H3,(H2,17,18). The Balaban J connectivity index is 1.93. The summed E-state index contributed by atoms with van der Waals surface area (Å²) in [5, 5.41) is 9.41. The highest BCUT2D eigenvalue weighted by Crippen LogP contribution is 2.32. The third-order valence-electron chi connectivity index (χ3n) is 3.61. The van der Waals surface area contributed by atoms with E-state index in [0.717, 1.165) is 17.0 Å². The van der Waals surface area contributed by atoms with Crippen LogP contribution in [0.1, 0.15) is 11.6 Å². The number of rotatable bonds is 3. The monoisotopic (exact) mass is 283 g/mol. The fourth-order valence-electron chi connectivity index (χ4n) is 2.50. The predicted octanol–water partition coefficient (Wildman–Crippen LogP) is 2.28. The molecule has 5 heteroatoms. The van der Waals surface area contributed by atoms with Crippen LogP contribution in [0.3, 0.4) is 0 Å². The Bertz CT molecular complexity index is 650. The van der Waals surface area contributed by atoms with Gasteiger partial charge in [0.05, 0.1) is 19.7 Å². The Kier molecular flexibility index (Phi) is 3.39. The first kappa shape index (κ1) is 13.3. The molecule has 0 amide bonds. The number of nitrogens with zero attached hydrogens (tertiary/aromatic N) is 2. The maximum absolute atomic E-state index is 9.41. The molecule has 0 bridgehead atoms. The van der Waals surface area contributed by atoms with E-state index in [4.69, 9.17) is 10.5 Å². The topological polar surface area (TPSA) is 71.1 Å². The summed E-state index contributed by atoms with van der Waals surface area (Å²) < 4.78 is 5.18. The molecule has 3 rings (SSSR count). The van der Waals surface area contributed by atoms with E-state index in [1.165, 1.54) is 0 Å². The van der Waals surface area contributed by atoms with Gasteiger partial charge in [0.25, 0.3) is 0 Å². The van der Waals surface area contributed by atoms with Crippen molar-refractivity contribution in [1.29, 1.82) is 0 Å². The van der Waals surface area contributed by atoms with Crippen LogP contribution in [0.2, 0.25) is 0 Å². The molecule has 1 atom stereocenters. The number of phenols is 1. The number of anilines is 1. The molecule has 0 radical (unpaired) electrons. The number of guanidine groups is 1. The average molecular weight is 283 g/mol. The Morgan fingerprint density at radius 2 is 1.81 bits per heavy atom. The number of benzene rings is 2. The Morgan fingerprint density at radius 1 is 1.14 bits per heavy atom. The summed E-state index contributed by atoms with van der Waals surface area (Å²) in [4.78, 5) is 6.34. The average Bonchev–Trinajstić information content (AvgIpc) is 2.90. The number of phenolic OH excluding ortho intramolecular Hbond substituents is 1. The van der Waals surface area contributed by atoms with Crippen molar-refractivity contribution in [1.82, 2.24) is 0 Å². The highest BCUT2D eigenvalue weighted by Gasteiger charge is 2.28. The second-order valence-corrected chi connectivity index (χ2v) is 4.87. The van der Waals surface area contributed by atoms with E-state index in [-0.39, 0.29) is 11.8 Å². The second-order valence-electron chi connectivity index (χ2n) is 4.87. The van der Waals surface area contributed by atoms with Crippen LogP contribution in [0.25, 0.3) is 0 Å². The van der Waals surface area contributed by atoms with Gasteiger partial charge in [-0.15, -0.1) is 0 Å². The number of nitrogens with two attached hydrogens (primary N) is 1. The van der Waals surface area contributed by atoms with Crippen molar-refractivity contribution >= 4 is 11.6 Å². The van der Waals surface area contributed by atoms with E-state index in [2.05, 4.69) is 4.99 Å². The number of hydrogen-bond acceptors (Lipinski definition) is 5. The largest absolute Gasteiger partial charge is 0.508 e. The van der Waals surface area contributed by atoms with Crippen molar-refractivity contribution in [3.05, 3.63) is 54.1 Å². The Morgan fingerprint density at radius 3 is 2.43 bits per heavy atom. The molecule has 1 aliphatic rings. The van der Waals surface area contributed by atoms with Gasteiger partial charge in [0.15, 0.2) is 5.96 Å². The molecule has 1 unspecified atom stereocenters. The van der Waals surface area contributed by atoms with Crippen LogP contribution >= 0.6 is 0 Å². The zero-order chi connectivity index (χ0) is 14.8. The van der Waals surface area contributed by atoms with E-state index < -0.39 is 0 Å². The molecule has 3 N–H and O–H groups in total. The van der Waals surface area contributed by atoms with Gasteiger partial charge in [0.1, 0.15) is 11.5 Å². The van der Waals surface area contributed by atoms with Gasteiger partial charge in [-0.3, -0.25) is 4.99 Å². The van der Waals surface area contributed by atoms with Crippen LogP contribution in [-0.4, -0.2) is 24.7 Å². The molecular formula is C16H17N3O2. The SMILES string of the molecule is COc1ccc(N2C(N)=NCC2c2ccc(O)cc2)cc1. The lowest BCUT2D eigenvalue weighted by atomic mass is 10.1. The first-order chi connectivity index (χ1) is 10.2. The summed E-state index contributed by atoms with van der Waals surface area (Å²) >= 11 is 0. The fraction of sp³-hybridized carbons (Fsp3) is 0.188. The molecule has 0 fully saturated rings. The van der Waals surface area contributed by atoms with Crippen molar-refractivity contribution < 1.29 is 9.84 Å². The van der Waals surface area contributed by atoms with Crippen molar-refractivity contribution in [3.63, 3.8) is 0 Å². The van der Waals surface area contributed by atoms with E-state index >= 15 is 0 Å². The third-order valence-corrected chi connectivity index (χ3v) is 3.61. The van der Waals surface area contributed by atoms with Crippen LogP contribution in [0.15, 0.2) is 53.5 Å². The van der Waals surface area contributed by atoms with E-state index in [9.17, 15) is 5.11 Å². The smallest absolute Gasteiger partial charge is 0.196 e. The van der Waals surface area contributed by atoms with E-state index in [1.807, 2.05) is 41.3 Å². The maximum atomic E-state index is 9.41. The highest BCUT2D eigenvalue weighted by molar-refractivity contribution is 5.97. The van der Waals surface area contributed by atoms with Crippen LogP contribution in [-0.2, 0) is 0 Å². The fourth-order valence-corrected chi connectivity index (χ4v) is 2.50. The third kappa shape index (κ3) is 2.50. The van der Waals surface area contributed by atoms with Crippen LogP contribution in [0.4, 0.5) is 5.69 Å². The lowest BCUT2D eigenvalue weighted by molar-refractivity contribution is 0.415. The van der Waals surface area contributed by atoms with Crippen LogP contribution in [0.5, 0.6) is 11.5 Å². The van der Waals surface area contributed by atoms with Gasteiger partial charge >= 0.3 is 0 Å². The van der Waals surface area contributed by atoms with E-state index in [0.29, 0.717) is 12.5 Å². The summed E-state index contributed by atoms with van der Waals surface area (Å²) in [6.45, 7) is 0.600. The maximum Gasteiger partial charge on any atom is 0.196 e. The second kappa shape index (κ2) is 5.36. The molecule has 2 aromatic rings. The molecule has 1 aliphatic heterocycles. The van der Waals surface area contributed by atoms with Crippen molar-refractivity contribution in [2.24, 2.45) is 10.7 Å². The summed E-state index contributed by atoms with van der Waals surface area (Å²) in [6.07, 6.45) is 0. The van der Waals surface area contributed by atoms with Gasteiger partial charge in [0.2, 0.25) is 0 Å². The van der Waals surface area contributed by atoms with Crippen LogP contribution in [0, 0.1) is 0 Å². The molecule has 0 aromatic heterocycles. The minimum Gasteiger partial charge on any atom is -0.508 e. The van der Waals surface area contributed by atoms with Gasteiger partial charge in [0, 0.05) is 5.69 Å². The number of aromatic hydroxyl groups is 1. The summed E-state index contributed by atoms with van der Waals surface area (Å²) in [5.74, 6) is 1.55. The Labute approximate surface area is 123 Å². The van der Waals surface area contributed by atoms with Gasteiger partial charge in [-0.05, 0) is 42.0 Å². The number of ether oxygens (including phenoxy) is 1. The quantitative estimate of drug-likeness (QED) is 0.906. The molecule has 2 aromatic carbocycles. The van der Waals surface area contributed by atoms with Gasteiger partial charge in [-0.25, -0.2) is 0 Å². The highest BCUT2D eigenvalue weighted by atomic mass is 16.5. The minimum atomic E-state index is 0.0407. The van der Waals surface area contributed by atoms with E-state index in [1.54, 1.807) is 19.2 Å². The normalized spacial score (nSPS) is 17.7. The molecule has 0 spiro atoms. The molecular weight excluding hydrogens is 266 g/mol. The molecule has 0 saturated carbocycles. The first-order valence-corrected chi connectivity index (χ1v) is 6.71. The minimum absolute atomic E-state index is 0.0407. The summed E-state index contributed by atoms with van der Waals surface area (Å²) in [6, 6.07) is 14.9. The molecule has 0 aliphatic carbocycles. The van der Waals surface area contributed by atoms with Gasteiger partial charge in [-0.1, -0.05) is 12.1 Å². The van der Waals surface area contributed by atoms with Crippen molar-refractivity contribution in [3.8, 4) is 11.5 Å². The van der Waals surface area contributed by atoms with Gasteiger partial charge < -0.3 is 20.5 Å². The predicted molar refractivity (Wildman–Crippen MR) is 82.8 cm³/mol. The number of methoxy groups -OCH3 is 1. The zero-order valence-electron chi connectivity index (χ0n) is 11.7. The lowest BCUT2D eigenvalue weighted by Gasteiger charge is -2.26. The van der Waals surface area contributed by atoms with Crippen molar-refractivity contribution in [2.45, 2.75) is 6.04 Å². The van der Waals surface area contributed by atoms with Crippen LogP contribution < -0.4 is 15.4 Å². The number of hydrogen-bond donors (Lipinski definition) is 2. The molecule has 5 nitrogen and oxygen atoms in total. The summed E-state index contributed by atoms with van der Waals surface area (Å²) in [5.41, 5.74) is 8.06. The first-order valence-electron chi connectivity index (χ1n) is 6.71. The Hall–Kier alpha value is -2.69. The molecule has 108 valence electrons. The van der Waals surface area contributed by atoms with Crippen molar-refractivity contribution in [2.75, 3.05) is 18.6 Å².